The summed E-state index contributed by atoms with van der Waals surface area (Å²) in [5, 5.41) is 14.4. The summed E-state index contributed by atoms with van der Waals surface area (Å²) in [7, 11) is 4.19. The van der Waals surface area contributed by atoms with Crippen LogP contribution >= 0.6 is 0 Å². The smallest absolute Gasteiger partial charge is 0.306 e. The largest absolute Gasteiger partial charge is 0.457 e. The van der Waals surface area contributed by atoms with Crippen LogP contribution in [0.25, 0.3) is 0 Å². The number of carbonyl (C=O) groups excluding carboxylic acids is 2. The molecule has 0 aliphatic carbocycles. The summed E-state index contributed by atoms with van der Waals surface area (Å²) in [6, 6.07) is 6.28. The van der Waals surface area contributed by atoms with Gasteiger partial charge in [-0.05, 0) is 96.1 Å². The van der Waals surface area contributed by atoms with Crippen LogP contribution in [-0.4, -0.2) is 55.0 Å². The Morgan fingerprint density at radius 2 is 1.82 bits per heavy atom. The van der Waals surface area contributed by atoms with E-state index in [1.165, 1.54) is 11.1 Å². The van der Waals surface area contributed by atoms with Crippen LogP contribution in [0, 0.1) is 24.2 Å². The number of allylic oxidation sites excluding steroid dienone is 1. The first-order chi connectivity index (χ1) is 18.3. The molecule has 4 atom stereocenters. The molecule has 6 heteroatoms. The number of aryl methyl sites for hydroxylation is 1. The van der Waals surface area contributed by atoms with E-state index in [1.54, 1.807) is 0 Å². The van der Waals surface area contributed by atoms with Crippen LogP contribution in [0.4, 0.5) is 5.69 Å². The number of esters is 1. The minimum atomic E-state index is -0.713. The molecule has 1 aromatic rings. The maximum Gasteiger partial charge on any atom is 0.306 e. The number of cyclic esters (lactones) is 1. The van der Waals surface area contributed by atoms with Gasteiger partial charge in [0.2, 0.25) is 0 Å². The van der Waals surface area contributed by atoms with Gasteiger partial charge in [0.25, 0.3) is 0 Å². The van der Waals surface area contributed by atoms with Gasteiger partial charge in [-0.1, -0.05) is 51.5 Å². The molecule has 39 heavy (non-hydrogen) atoms. The van der Waals surface area contributed by atoms with E-state index in [9.17, 15) is 14.7 Å². The molecule has 0 fully saturated rings. The Hall–Kier alpha value is -2.18. The van der Waals surface area contributed by atoms with E-state index in [-0.39, 0.29) is 30.2 Å². The highest BCUT2D eigenvalue weighted by atomic mass is 16.5. The second-order valence-electron chi connectivity index (χ2n) is 12.7. The number of benzene rings is 1. The SMILES string of the molecule is C/C1=C/CC(c2ccc(C)c(NCCCCN(C)C)c2)OC(=O)CCC(C)(C)C(=O)[C@H](C)C(O)[C@@H](C)CCC1. The van der Waals surface area contributed by atoms with Crippen LogP contribution in [0.3, 0.4) is 0 Å². The number of ether oxygens (including phenoxy) is 1. The Bertz CT molecular complexity index is 968. The molecular weight excluding hydrogens is 488 g/mol. The molecule has 6 nitrogen and oxygen atoms in total. The lowest BCUT2D eigenvalue weighted by atomic mass is 9.74. The molecule has 0 amide bonds. The Balaban J connectivity index is 2.24. The summed E-state index contributed by atoms with van der Waals surface area (Å²) in [6.45, 7) is 13.8. The first-order valence-electron chi connectivity index (χ1n) is 14.9. The zero-order valence-electron chi connectivity index (χ0n) is 25.8. The number of nitrogens with one attached hydrogen (secondary N) is 1. The quantitative estimate of drug-likeness (QED) is 0.223. The number of aliphatic hydroxyl groups excluding tert-OH is 1. The van der Waals surface area contributed by atoms with Crippen molar-refractivity contribution in [1.29, 1.82) is 0 Å². The van der Waals surface area contributed by atoms with E-state index in [4.69, 9.17) is 4.74 Å². The molecule has 0 saturated heterocycles. The number of anilines is 1. The second-order valence-corrected chi connectivity index (χ2v) is 12.7. The third-order valence-electron chi connectivity index (χ3n) is 8.30. The van der Waals surface area contributed by atoms with Crippen molar-refractivity contribution in [2.75, 3.05) is 32.5 Å². The average Bonchev–Trinajstić information content (AvgIpc) is 2.88. The predicted molar refractivity (Wildman–Crippen MR) is 161 cm³/mol. The first-order valence-corrected chi connectivity index (χ1v) is 14.9. The number of ketones is 1. The predicted octanol–water partition coefficient (Wildman–Crippen LogP) is 6.86. The van der Waals surface area contributed by atoms with Crippen molar-refractivity contribution in [1.82, 2.24) is 4.90 Å². The van der Waals surface area contributed by atoms with Crippen LogP contribution in [0.2, 0.25) is 0 Å². The van der Waals surface area contributed by atoms with Gasteiger partial charge in [-0.25, -0.2) is 0 Å². The summed E-state index contributed by atoms with van der Waals surface area (Å²) >= 11 is 0. The van der Waals surface area contributed by atoms with Crippen LogP contribution in [-0.2, 0) is 14.3 Å². The van der Waals surface area contributed by atoms with Crippen molar-refractivity contribution < 1.29 is 19.4 Å². The highest BCUT2D eigenvalue weighted by Crippen LogP contribution is 2.33. The highest BCUT2D eigenvalue weighted by Gasteiger charge is 2.37. The van der Waals surface area contributed by atoms with Crippen molar-refractivity contribution >= 4 is 17.4 Å². The number of nitrogens with zero attached hydrogens (tertiary/aromatic N) is 1. The summed E-state index contributed by atoms with van der Waals surface area (Å²) < 4.78 is 6.07. The molecule has 1 aliphatic rings. The lowest BCUT2D eigenvalue weighted by Crippen LogP contribution is -2.39. The molecule has 2 N–H and O–H groups in total. The highest BCUT2D eigenvalue weighted by molar-refractivity contribution is 5.87. The van der Waals surface area contributed by atoms with E-state index in [2.05, 4.69) is 62.4 Å². The van der Waals surface area contributed by atoms with Gasteiger partial charge in [0, 0.05) is 36.4 Å². The summed E-state index contributed by atoms with van der Waals surface area (Å²) in [6.07, 6.45) is 7.26. The maximum atomic E-state index is 13.3. The second kappa shape index (κ2) is 15.6. The van der Waals surface area contributed by atoms with Crippen LogP contribution in [0.1, 0.15) is 103 Å². The molecule has 0 radical (unpaired) electrons. The summed E-state index contributed by atoms with van der Waals surface area (Å²) in [5.41, 5.74) is 3.77. The molecule has 2 unspecified atom stereocenters. The summed E-state index contributed by atoms with van der Waals surface area (Å²) in [5.74, 6) is -0.710. The van der Waals surface area contributed by atoms with Gasteiger partial charge >= 0.3 is 5.97 Å². The van der Waals surface area contributed by atoms with Gasteiger partial charge in [0.1, 0.15) is 11.9 Å². The van der Waals surface area contributed by atoms with Gasteiger partial charge in [0.05, 0.1) is 6.10 Å². The van der Waals surface area contributed by atoms with Crippen molar-refractivity contribution in [3.8, 4) is 0 Å². The standard InChI is InChI=1S/C33H54N2O4/c1-23-12-11-13-25(3)31(37)26(4)32(38)33(5,6)19-18-30(36)39-29(17-14-23)27-16-15-24(2)28(22-27)34-20-9-10-21-35(7)8/h14-16,22,25-26,29,31,34,37H,9-13,17-21H2,1-8H3/b23-14-/t25-,26+,29?,31?/m0/s1. The molecule has 0 bridgehead atoms. The van der Waals surface area contributed by atoms with E-state index in [0.717, 1.165) is 56.4 Å². The maximum absolute atomic E-state index is 13.3. The number of carbonyl (C=O) groups is 2. The van der Waals surface area contributed by atoms with Gasteiger partial charge in [-0.2, -0.15) is 0 Å². The van der Waals surface area contributed by atoms with Gasteiger partial charge in [0.15, 0.2) is 0 Å². The van der Waals surface area contributed by atoms with Crippen molar-refractivity contribution in [3.05, 3.63) is 41.0 Å². The van der Waals surface area contributed by atoms with E-state index >= 15 is 0 Å². The van der Waals surface area contributed by atoms with E-state index in [0.29, 0.717) is 12.8 Å². The van der Waals surface area contributed by atoms with E-state index < -0.39 is 17.4 Å². The fourth-order valence-electron chi connectivity index (χ4n) is 5.36. The minimum Gasteiger partial charge on any atom is -0.457 e. The Kier molecular flexibility index (Phi) is 13.2. The number of aliphatic hydroxyl groups is 1. The Labute approximate surface area is 237 Å². The normalized spacial score (nSPS) is 27.1. The first kappa shape index (κ1) is 33.0. The van der Waals surface area contributed by atoms with E-state index in [1.807, 2.05) is 27.7 Å². The molecule has 1 heterocycles. The lowest BCUT2D eigenvalue weighted by molar-refractivity contribution is -0.150. The van der Waals surface area contributed by atoms with Gasteiger partial charge < -0.3 is 20.1 Å². The monoisotopic (exact) mass is 542 g/mol. The molecule has 0 spiro atoms. The lowest BCUT2D eigenvalue weighted by Gasteiger charge is -2.31. The number of hydrogen-bond donors (Lipinski definition) is 2. The Morgan fingerprint density at radius 3 is 2.51 bits per heavy atom. The number of rotatable bonds is 7. The molecule has 220 valence electrons. The van der Waals surface area contributed by atoms with Crippen LogP contribution in [0.15, 0.2) is 29.8 Å². The molecule has 0 aromatic heterocycles. The third-order valence-corrected chi connectivity index (χ3v) is 8.30. The minimum absolute atomic E-state index is 0.00852. The zero-order valence-corrected chi connectivity index (χ0v) is 25.8. The zero-order chi connectivity index (χ0) is 29.2. The van der Waals surface area contributed by atoms with Crippen LogP contribution in [0.5, 0.6) is 0 Å². The van der Waals surface area contributed by atoms with Crippen molar-refractivity contribution in [2.45, 2.75) is 105 Å². The van der Waals surface area contributed by atoms with Gasteiger partial charge in [-0.15, -0.1) is 0 Å². The summed E-state index contributed by atoms with van der Waals surface area (Å²) in [4.78, 5) is 28.5. The Morgan fingerprint density at radius 1 is 1.10 bits per heavy atom. The number of unbranched alkanes of at least 4 members (excludes halogenated alkanes) is 1. The van der Waals surface area contributed by atoms with Crippen molar-refractivity contribution in [2.24, 2.45) is 17.3 Å². The molecule has 1 aromatic carbocycles. The van der Waals surface area contributed by atoms with Crippen LogP contribution < -0.4 is 5.32 Å². The molecular formula is C33H54N2O4. The molecule has 1 aliphatic heterocycles. The molecule has 0 saturated carbocycles. The fraction of sp³-hybridized carbons (Fsp3) is 0.697. The van der Waals surface area contributed by atoms with Crippen molar-refractivity contribution in [3.63, 3.8) is 0 Å². The number of hydrogen-bond acceptors (Lipinski definition) is 6. The average molecular weight is 543 g/mol. The topological polar surface area (TPSA) is 78.9 Å². The third kappa shape index (κ3) is 10.7. The fourth-order valence-corrected chi connectivity index (χ4v) is 5.36. The number of Topliss-reactive ketones (excluding diaryl/α,β-unsaturated/α-hetero) is 1. The molecule has 2 rings (SSSR count). The van der Waals surface area contributed by atoms with Gasteiger partial charge in [-0.3, -0.25) is 9.59 Å².